The lowest BCUT2D eigenvalue weighted by Gasteiger charge is -1.96. The second kappa shape index (κ2) is 4.81. The van der Waals surface area contributed by atoms with E-state index >= 15 is 0 Å². The molecule has 0 heterocycles. The van der Waals surface area contributed by atoms with Crippen LogP contribution >= 0.6 is 0 Å². The van der Waals surface area contributed by atoms with Crippen LogP contribution in [0.4, 0.5) is 0 Å². The third-order valence-corrected chi connectivity index (χ3v) is 0.807. The zero-order valence-electron chi connectivity index (χ0n) is 5.70. The van der Waals surface area contributed by atoms with Crippen LogP contribution in [0.15, 0.2) is 11.8 Å². The van der Waals surface area contributed by atoms with E-state index in [0.717, 1.165) is 6.26 Å². The molecule has 0 bridgehead atoms. The average Bonchev–Trinajstić information content (AvgIpc) is 1.88. The van der Waals surface area contributed by atoms with E-state index in [4.69, 9.17) is 10.2 Å². The zero-order chi connectivity index (χ0) is 7.98. The molecule has 0 aliphatic rings. The highest BCUT2D eigenvalue weighted by Crippen LogP contribution is 1.91. The minimum absolute atomic E-state index is 0.108. The van der Waals surface area contributed by atoms with Crippen LogP contribution in [0.5, 0.6) is 0 Å². The van der Waals surface area contributed by atoms with E-state index < -0.39 is 5.97 Å². The molecule has 0 saturated carbocycles. The van der Waals surface area contributed by atoms with E-state index in [2.05, 4.69) is 4.74 Å². The summed E-state index contributed by atoms with van der Waals surface area (Å²) in [6, 6.07) is 0. The van der Waals surface area contributed by atoms with Gasteiger partial charge in [0, 0.05) is 0 Å². The molecular formula is C6H10O4. The molecule has 0 unspecified atom stereocenters. The first-order valence-electron chi connectivity index (χ1n) is 2.81. The van der Waals surface area contributed by atoms with Gasteiger partial charge in [-0.3, -0.25) is 0 Å². The predicted octanol–water partition coefficient (Wildman–Crippen LogP) is -0.0163. The molecule has 0 aromatic carbocycles. The number of aliphatic carboxylic acids is 1. The largest absolute Gasteiger partial charge is 0.498 e. The van der Waals surface area contributed by atoms with Gasteiger partial charge in [-0.05, 0) is 6.92 Å². The maximum absolute atomic E-state index is 10.1. The number of hydrogen-bond donors (Lipinski definition) is 2. The van der Waals surface area contributed by atoms with Crippen LogP contribution < -0.4 is 0 Å². The van der Waals surface area contributed by atoms with Crippen molar-refractivity contribution in [3.63, 3.8) is 0 Å². The second-order valence-corrected chi connectivity index (χ2v) is 1.70. The molecule has 0 saturated heterocycles. The Morgan fingerprint density at radius 3 is 2.70 bits per heavy atom. The molecule has 0 aromatic heterocycles. The minimum Gasteiger partial charge on any atom is -0.498 e. The van der Waals surface area contributed by atoms with E-state index in [1.165, 1.54) is 6.92 Å². The van der Waals surface area contributed by atoms with Crippen LogP contribution in [-0.4, -0.2) is 29.4 Å². The van der Waals surface area contributed by atoms with E-state index in [-0.39, 0.29) is 18.8 Å². The third-order valence-electron chi connectivity index (χ3n) is 0.807. The molecule has 0 spiro atoms. The first-order chi connectivity index (χ1) is 4.68. The van der Waals surface area contributed by atoms with E-state index in [0.29, 0.717) is 0 Å². The average molecular weight is 146 g/mol. The Morgan fingerprint density at radius 1 is 1.70 bits per heavy atom. The zero-order valence-corrected chi connectivity index (χ0v) is 5.70. The van der Waals surface area contributed by atoms with Crippen molar-refractivity contribution in [3.8, 4) is 0 Å². The summed E-state index contributed by atoms with van der Waals surface area (Å²) in [7, 11) is 0. The number of rotatable bonds is 4. The third kappa shape index (κ3) is 3.91. The van der Waals surface area contributed by atoms with Gasteiger partial charge >= 0.3 is 5.97 Å². The molecule has 0 amide bonds. The minimum atomic E-state index is -1.02. The second-order valence-electron chi connectivity index (χ2n) is 1.70. The summed E-state index contributed by atoms with van der Waals surface area (Å²) in [6.07, 6.45) is 1.11. The molecule has 0 radical (unpaired) electrons. The summed E-state index contributed by atoms with van der Waals surface area (Å²) in [5.41, 5.74) is 0.119. The number of carboxylic acids is 1. The number of aliphatic hydroxyl groups excluding tert-OH is 1. The van der Waals surface area contributed by atoms with Gasteiger partial charge in [-0.15, -0.1) is 0 Å². The fourth-order valence-electron chi connectivity index (χ4n) is 0.287. The fourth-order valence-corrected chi connectivity index (χ4v) is 0.287. The highest BCUT2D eigenvalue weighted by molar-refractivity contribution is 5.85. The van der Waals surface area contributed by atoms with Crippen LogP contribution in [-0.2, 0) is 9.53 Å². The highest BCUT2D eigenvalue weighted by Gasteiger charge is 1.97. The van der Waals surface area contributed by atoms with Crippen molar-refractivity contribution in [3.05, 3.63) is 11.8 Å². The van der Waals surface area contributed by atoms with Crippen molar-refractivity contribution in [2.75, 3.05) is 13.2 Å². The van der Waals surface area contributed by atoms with Crippen molar-refractivity contribution in [2.24, 2.45) is 0 Å². The molecule has 0 aliphatic heterocycles. The molecule has 0 atom stereocenters. The van der Waals surface area contributed by atoms with Crippen LogP contribution in [0.3, 0.4) is 0 Å². The Kier molecular flexibility index (Phi) is 4.32. The van der Waals surface area contributed by atoms with Crippen LogP contribution in [0, 0.1) is 0 Å². The number of aliphatic hydroxyl groups is 1. The van der Waals surface area contributed by atoms with Gasteiger partial charge in [-0.25, -0.2) is 4.79 Å². The molecule has 0 aliphatic carbocycles. The van der Waals surface area contributed by atoms with Gasteiger partial charge in [0.1, 0.15) is 6.61 Å². The van der Waals surface area contributed by atoms with Crippen molar-refractivity contribution in [1.29, 1.82) is 0 Å². The van der Waals surface area contributed by atoms with Crippen molar-refractivity contribution >= 4 is 5.97 Å². The number of hydrogen-bond acceptors (Lipinski definition) is 3. The standard InChI is InChI=1S/C6H10O4/c1-5(6(8)9)4-10-3-2-7/h4,7H,2-3H2,1H3,(H,8,9)/b5-4+. The lowest BCUT2D eigenvalue weighted by molar-refractivity contribution is -0.132. The van der Waals surface area contributed by atoms with Gasteiger partial charge in [-0.1, -0.05) is 0 Å². The lowest BCUT2D eigenvalue weighted by atomic mass is 10.3. The Labute approximate surface area is 58.7 Å². The summed E-state index contributed by atoms with van der Waals surface area (Å²) in [4.78, 5) is 10.1. The van der Waals surface area contributed by atoms with Gasteiger partial charge < -0.3 is 14.9 Å². The highest BCUT2D eigenvalue weighted by atomic mass is 16.5. The first kappa shape index (κ1) is 8.97. The number of carboxylic acid groups (broad SMARTS) is 1. The SMILES string of the molecule is C/C(=C\OCCO)C(=O)O. The summed E-state index contributed by atoms with van der Waals surface area (Å²) in [5.74, 6) is -1.02. The van der Waals surface area contributed by atoms with Gasteiger partial charge in [0.05, 0.1) is 18.4 Å². The van der Waals surface area contributed by atoms with Crippen LogP contribution in [0.2, 0.25) is 0 Å². The summed E-state index contributed by atoms with van der Waals surface area (Å²) < 4.78 is 4.61. The Balaban J connectivity index is 3.58. The normalized spacial score (nSPS) is 11.2. The van der Waals surface area contributed by atoms with Crippen LogP contribution in [0.1, 0.15) is 6.92 Å². The molecule has 0 rings (SSSR count). The quantitative estimate of drug-likeness (QED) is 0.332. The molecule has 10 heavy (non-hydrogen) atoms. The van der Waals surface area contributed by atoms with Gasteiger partial charge in [0.2, 0.25) is 0 Å². The Hall–Kier alpha value is -1.03. The smallest absolute Gasteiger partial charge is 0.334 e. The topological polar surface area (TPSA) is 66.8 Å². The summed E-state index contributed by atoms with van der Waals surface area (Å²) in [5, 5.41) is 16.5. The van der Waals surface area contributed by atoms with Crippen molar-refractivity contribution in [2.45, 2.75) is 6.92 Å². The predicted molar refractivity (Wildman–Crippen MR) is 34.4 cm³/mol. The molecule has 0 fully saturated rings. The molecule has 0 aromatic rings. The molecule has 4 heteroatoms. The van der Waals surface area contributed by atoms with Crippen LogP contribution in [0.25, 0.3) is 0 Å². The van der Waals surface area contributed by atoms with E-state index in [9.17, 15) is 4.79 Å². The first-order valence-corrected chi connectivity index (χ1v) is 2.81. The van der Waals surface area contributed by atoms with E-state index in [1.54, 1.807) is 0 Å². The van der Waals surface area contributed by atoms with Gasteiger partial charge in [0.25, 0.3) is 0 Å². The Morgan fingerprint density at radius 2 is 2.30 bits per heavy atom. The maximum Gasteiger partial charge on any atom is 0.334 e. The number of carbonyl (C=O) groups is 1. The molecule has 4 nitrogen and oxygen atoms in total. The summed E-state index contributed by atoms with van der Waals surface area (Å²) >= 11 is 0. The van der Waals surface area contributed by atoms with E-state index in [1.807, 2.05) is 0 Å². The summed E-state index contributed by atoms with van der Waals surface area (Å²) in [6.45, 7) is 1.44. The fraction of sp³-hybridized carbons (Fsp3) is 0.500. The van der Waals surface area contributed by atoms with Gasteiger partial charge in [-0.2, -0.15) is 0 Å². The molecule has 58 valence electrons. The van der Waals surface area contributed by atoms with Crippen molar-refractivity contribution < 1.29 is 19.7 Å². The lowest BCUT2D eigenvalue weighted by Crippen LogP contribution is -1.99. The molecule has 2 N–H and O–H groups in total. The molecular weight excluding hydrogens is 136 g/mol. The van der Waals surface area contributed by atoms with Crippen molar-refractivity contribution in [1.82, 2.24) is 0 Å². The number of ether oxygens (including phenoxy) is 1. The van der Waals surface area contributed by atoms with Gasteiger partial charge in [0.15, 0.2) is 0 Å². The Bertz CT molecular complexity index is 139. The monoisotopic (exact) mass is 146 g/mol. The maximum atomic E-state index is 10.1.